The van der Waals surface area contributed by atoms with Gasteiger partial charge in [-0.2, -0.15) is 0 Å². The minimum atomic E-state index is -0.869. The van der Waals surface area contributed by atoms with Crippen molar-refractivity contribution >= 4 is 18.5 Å². The Balaban J connectivity index is 1.34. The molecule has 44 heavy (non-hydrogen) atoms. The van der Waals surface area contributed by atoms with Crippen LogP contribution in [-0.2, 0) is 29.1 Å². The van der Waals surface area contributed by atoms with Crippen LogP contribution < -0.4 is 14.2 Å². The smallest absolute Gasteiger partial charge is 0.434 e. The van der Waals surface area contributed by atoms with E-state index in [9.17, 15) is 14.4 Å². The van der Waals surface area contributed by atoms with E-state index in [1.807, 2.05) is 43.3 Å². The number of rotatable bonds is 13. The van der Waals surface area contributed by atoms with Crippen LogP contribution in [0.3, 0.4) is 0 Å². The Bertz CT molecular complexity index is 1340. The van der Waals surface area contributed by atoms with Crippen molar-refractivity contribution < 1.29 is 57.4 Å². The fourth-order valence-corrected chi connectivity index (χ4v) is 4.32. The lowest BCUT2D eigenvalue weighted by molar-refractivity contribution is 0.0911. The SMILES string of the molecule is CC(c1ccc(OC(=O)OCCCO)cc1)(c1ccc(OC(=O)OCC2CO2)cc1)c1ccc(OC(=O)OCC2CO2)cc1. The van der Waals surface area contributed by atoms with Crippen LogP contribution in [0.1, 0.15) is 30.0 Å². The van der Waals surface area contributed by atoms with Gasteiger partial charge in [-0.3, -0.25) is 0 Å². The monoisotopic (exact) mass is 608 g/mol. The zero-order valence-corrected chi connectivity index (χ0v) is 24.0. The number of benzene rings is 3. The van der Waals surface area contributed by atoms with Gasteiger partial charge in [-0.25, -0.2) is 14.4 Å². The van der Waals surface area contributed by atoms with Crippen molar-refractivity contribution in [3.63, 3.8) is 0 Å². The third kappa shape index (κ3) is 8.47. The quantitative estimate of drug-likeness (QED) is 0.0711. The molecule has 2 fully saturated rings. The van der Waals surface area contributed by atoms with Crippen LogP contribution in [-0.4, -0.2) is 75.4 Å². The van der Waals surface area contributed by atoms with Gasteiger partial charge < -0.3 is 43.0 Å². The Labute approximate surface area is 253 Å². The second-order valence-corrected chi connectivity index (χ2v) is 10.2. The summed E-state index contributed by atoms with van der Waals surface area (Å²) in [4.78, 5) is 36.0. The van der Waals surface area contributed by atoms with Crippen molar-refractivity contribution in [1.29, 1.82) is 0 Å². The number of carbonyl (C=O) groups excluding carboxylic acids is 3. The van der Waals surface area contributed by atoms with E-state index < -0.39 is 23.9 Å². The zero-order chi connectivity index (χ0) is 30.9. The van der Waals surface area contributed by atoms with Crippen LogP contribution in [0.25, 0.3) is 0 Å². The molecule has 2 aliphatic heterocycles. The van der Waals surface area contributed by atoms with E-state index in [-0.39, 0.29) is 44.4 Å². The summed E-state index contributed by atoms with van der Waals surface area (Å²) in [6.45, 7) is 3.37. The third-order valence-corrected chi connectivity index (χ3v) is 7.00. The van der Waals surface area contributed by atoms with Crippen LogP contribution in [0, 0.1) is 0 Å². The lowest BCUT2D eigenvalue weighted by Gasteiger charge is -2.32. The summed E-state index contributed by atoms with van der Waals surface area (Å²) in [7, 11) is 0. The maximum Gasteiger partial charge on any atom is 0.513 e. The van der Waals surface area contributed by atoms with Gasteiger partial charge in [0, 0.05) is 18.4 Å². The van der Waals surface area contributed by atoms with E-state index in [0.717, 1.165) is 16.7 Å². The molecule has 0 amide bonds. The molecule has 0 spiro atoms. The van der Waals surface area contributed by atoms with E-state index in [1.165, 1.54) is 0 Å². The molecule has 12 heteroatoms. The lowest BCUT2D eigenvalue weighted by Crippen LogP contribution is -2.25. The van der Waals surface area contributed by atoms with Gasteiger partial charge in [0.25, 0.3) is 0 Å². The molecule has 0 saturated carbocycles. The van der Waals surface area contributed by atoms with E-state index in [4.69, 9.17) is 43.0 Å². The standard InChI is InChI=1S/C32H32O12/c1-32(21-3-9-24(10-4-21)42-29(34)37-16-2-15-33,22-5-11-25(12-6-22)43-30(35)40-19-27-17-38-27)23-7-13-26(14-8-23)44-31(36)41-20-28-18-39-28/h3-14,27-28,33H,2,15-20H2,1H3. The van der Waals surface area contributed by atoms with Crippen molar-refractivity contribution in [3.8, 4) is 17.2 Å². The summed E-state index contributed by atoms with van der Waals surface area (Å²) < 4.78 is 40.9. The van der Waals surface area contributed by atoms with Crippen LogP contribution >= 0.6 is 0 Å². The molecule has 2 atom stereocenters. The second-order valence-electron chi connectivity index (χ2n) is 10.2. The molecular formula is C32H32O12. The molecule has 2 unspecified atom stereocenters. The Morgan fingerprint density at radius 3 is 1.32 bits per heavy atom. The number of aliphatic hydroxyl groups is 1. The van der Waals surface area contributed by atoms with Gasteiger partial charge >= 0.3 is 18.5 Å². The average molecular weight is 609 g/mol. The zero-order valence-electron chi connectivity index (χ0n) is 24.0. The van der Waals surface area contributed by atoms with Crippen molar-refractivity contribution in [2.24, 2.45) is 0 Å². The molecule has 3 aromatic rings. The van der Waals surface area contributed by atoms with Gasteiger partial charge in [0.1, 0.15) is 42.7 Å². The molecule has 0 bridgehead atoms. The predicted octanol–water partition coefficient (Wildman–Crippen LogP) is 4.77. The van der Waals surface area contributed by atoms with Gasteiger partial charge in [-0.1, -0.05) is 36.4 Å². The maximum absolute atomic E-state index is 12.0. The summed E-state index contributed by atoms with van der Waals surface area (Å²) >= 11 is 0. The maximum atomic E-state index is 12.0. The molecule has 5 rings (SSSR count). The lowest BCUT2D eigenvalue weighted by atomic mass is 9.71. The molecular weight excluding hydrogens is 576 g/mol. The molecule has 0 aromatic heterocycles. The van der Waals surface area contributed by atoms with Crippen LogP contribution in [0.4, 0.5) is 14.4 Å². The highest BCUT2D eigenvalue weighted by Gasteiger charge is 2.32. The van der Waals surface area contributed by atoms with Gasteiger partial charge in [0.2, 0.25) is 0 Å². The third-order valence-electron chi connectivity index (χ3n) is 7.00. The molecule has 2 saturated heterocycles. The van der Waals surface area contributed by atoms with Crippen molar-refractivity contribution in [2.45, 2.75) is 31.0 Å². The molecule has 2 heterocycles. The number of hydrogen-bond acceptors (Lipinski definition) is 12. The van der Waals surface area contributed by atoms with Gasteiger partial charge in [-0.05, 0) is 60.0 Å². The van der Waals surface area contributed by atoms with Crippen molar-refractivity contribution in [2.75, 3.05) is 39.6 Å². The number of aliphatic hydroxyl groups excluding tert-OH is 1. The Morgan fingerprint density at radius 2 is 1.00 bits per heavy atom. The summed E-state index contributed by atoms with van der Waals surface area (Å²) in [5.74, 6) is 0.892. The first-order valence-corrected chi connectivity index (χ1v) is 14.0. The predicted molar refractivity (Wildman–Crippen MR) is 152 cm³/mol. The normalized spacial score (nSPS) is 17.9. The average Bonchev–Trinajstić information content (AvgIpc) is 3.96. The van der Waals surface area contributed by atoms with Crippen molar-refractivity contribution in [3.05, 3.63) is 89.5 Å². The van der Waals surface area contributed by atoms with Crippen LogP contribution in [0.15, 0.2) is 72.8 Å². The highest BCUT2D eigenvalue weighted by molar-refractivity contribution is 5.65. The van der Waals surface area contributed by atoms with E-state index >= 15 is 0 Å². The minimum absolute atomic E-state index is 0.0459. The molecule has 0 radical (unpaired) electrons. The van der Waals surface area contributed by atoms with Crippen LogP contribution in [0.5, 0.6) is 17.2 Å². The second kappa shape index (κ2) is 14.2. The minimum Gasteiger partial charge on any atom is -0.434 e. The highest BCUT2D eigenvalue weighted by atomic mass is 16.7. The van der Waals surface area contributed by atoms with E-state index in [0.29, 0.717) is 31.1 Å². The Hall–Kier alpha value is -4.65. The Kier molecular flexibility index (Phi) is 9.95. The number of carbonyl (C=O) groups is 3. The van der Waals surface area contributed by atoms with Gasteiger partial charge in [0.15, 0.2) is 0 Å². The molecule has 232 valence electrons. The largest absolute Gasteiger partial charge is 0.513 e. The highest BCUT2D eigenvalue weighted by Crippen LogP contribution is 2.40. The topological polar surface area (TPSA) is 152 Å². The fourth-order valence-electron chi connectivity index (χ4n) is 4.32. The molecule has 1 N–H and O–H groups in total. The molecule has 2 aliphatic rings. The van der Waals surface area contributed by atoms with E-state index in [1.54, 1.807) is 36.4 Å². The fraction of sp³-hybridized carbons (Fsp3) is 0.344. The summed E-state index contributed by atoms with van der Waals surface area (Å²) in [5.41, 5.74) is 1.78. The summed E-state index contributed by atoms with van der Waals surface area (Å²) in [6.07, 6.45) is -2.34. The summed E-state index contributed by atoms with van der Waals surface area (Å²) in [5, 5.41) is 8.86. The van der Waals surface area contributed by atoms with Gasteiger partial charge in [-0.15, -0.1) is 0 Å². The first-order valence-electron chi connectivity index (χ1n) is 14.0. The van der Waals surface area contributed by atoms with Crippen molar-refractivity contribution in [1.82, 2.24) is 0 Å². The number of ether oxygens (including phenoxy) is 8. The Morgan fingerprint density at radius 1 is 0.659 bits per heavy atom. The first-order chi connectivity index (χ1) is 21.3. The number of epoxide rings is 2. The first kappa shape index (κ1) is 30.8. The number of hydrogen-bond donors (Lipinski definition) is 1. The summed E-state index contributed by atoms with van der Waals surface area (Å²) in [6, 6.07) is 20.9. The van der Waals surface area contributed by atoms with Gasteiger partial charge in [0.05, 0.1) is 19.8 Å². The van der Waals surface area contributed by atoms with Crippen LogP contribution in [0.2, 0.25) is 0 Å². The molecule has 0 aliphatic carbocycles. The molecule has 12 nitrogen and oxygen atoms in total. The van der Waals surface area contributed by atoms with E-state index in [2.05, 4.69) is 0 Å². The molecule has 3 aromatic carbocycles.